The van der Waals surface area contributed by atoms with Gasteiger partial charge in [0.25, 0.3) is 0 Å². The van der Waals surface area contributed by atoms with Crippen LogP contribution in [0, 0.1) is 0 Å². The highest BCUT2D eigenvalue weighted by molar-refractivity contribution is 6.36. The van der Waals surface area contributed by atoms with Crippen molar-refractivity contribution in [3.63, 3.8) is 0 Å². The van der Waals surface area contributed by atoms with Gasteiger partial charge in [0, 0.05) is 34.4 Å². The molecule has 5 nitrogen and oxygen atoms in total. The summed E-state index contributed by atoms with van der Waals surface area (Å²) in [5, 5.41) is 0. The van der Waals surface area contributed by atoms with Crippen LogP contribution in [0.2, 0.25) is 0 Å². The van der Waals surface area contributed by atoms with Gasteiger partial charge in [0.05, 0.1) is 13.2 Å². The maximum Gasteiger partial charge on any atom is 0.483 e. The fraction of sp³-hybridized carbons (Fsp3) is 1.00. The van der Waals surface area contributed by atoms with Crippen LogP contribution in [0.25, 0.3) is 0 Å². The Bertz CT molecular complexity index is 112. The summed E-state index contributed by atoms with van der Waals surface area (Å²) >= 11 is 0. The number of morpholine rings is 1. The first kappa shape index (κ1) is 14.0. The molecule has 0 saturated carbocycles. The van der Waals surface area contributed by atoms with Crippen molar-refractivity contribution in [1.29, 1.82) is 0 Å². The predicted molar refractivity (Wildman–Crippen MR) is 56.5 cm³/mol. The fourth-order valence-corrected chi connectivity index (χ4v) is 1.52. The molecule has 86 valence electrons. The van der Waals surface area contributed by atoms with Crippen molar-refractivity contribution >= 4 is 9.53 Å². The lowest BCUT2D eigenvalue weighted by atomic mass is 10.5. The maximum atomic E-state index is 5.10. The Hall–Kier alpha value is 0.0169. The summed E-state index contributed by atoms with van der Waals surface area (Å²) in [6.45, 7) is 4.02. The Morgan fingerprint density at radius 1 is 1.00 bits per heavy atom. The summed E-state index contributed by atoms with van der Waals surface area (Å²) in [5.74, 6) is 0. The lowest BCUT2D eigenvalue weighted by Crippen LogP contribution is -2.32. The first-order valence-corrected chi connectivity index (χ1v) is 6.00. The van der Waals surface area contributed by atoms with Gasteiger partial charge in [-0.05, 0) is 7.05 Å². The number of rotatable bonds is 3. The molecule has 1 rings (SSSR count). The average molecular weight is 223 g/mol. The van der Waals surface area contributed by atoms with Crippen molar-refractivity contribution < 1.29 is 18.0 Å². The van der Waals surface area contributed by atoms with E-state index in [0.29, 0.717) is 0 Å². The van der Waals surface area contributed by atoms with Crippen LogP contribution in [0.5, 0.6) is 0 Å². The van der Waals surface area contributed by atoms with E-state index in [-0.39, 0.29) is 0 Å². The van der Waals surface area contributed by atoms with Crippen molar-refractivity contribution in [3.8, 4) is 0 Å². The molecule has 0 bridgehead atoms. The normalized spacial score (nSPS) is 17.8. The van der Waals surface area contributed by atoms with E-state index in [1.165, 1.54) is 0 Å². The standard InChI is InChI=1S/C5H11NO.C3H10O3Si/c1-6-2-4-7-5-3-6;1-4-7(5-2)6-3/h2-5H2,1H3;7H,1-3H3. The molecular formula is C8H21NO4Si. The molecule has 1 heterocycles. The van der Waals surface area contributed by atoms with E-state index in [1.54, 1.807) is 21.3 Å². The second-order valence-electron chi connectivity index (χ2n) is 2.91. The van der Waals surface area contributed by atoms with Crippen LogP contribution < -0.4 is 0 Å². The summed E-state index contributed by atoms with van der Waals surface area (Å²) in [5.41, 5.74) is 0. The van der Waals surface area contributed by atoms with E-state index in [0.717, 1.165) is 26.3 Å². The lowest BCUT2D eigenvalue weighted by Gasteiger charge is -2.21. The third kappa shape index (κ3) is 7.42. The summed E-state index contributed by atoms with van der Waals surface area (Å²) in [6, 6.07) is 0. The second kappa shape index (κ2) is 9.57. The van der Waals surface area contributed by atoms with Gasteiger partial charge in [-0.3, -0.25) is 0 Å². The van der Waals surface area contributed by atoms with Gasteiger partial charge in [-0.1, -0.05) is 0 Å². The molecule has 1 aliphatic rings. The quantitative estimate of drug-likeness (QED) is 0.608. The van der Waals surface area contributed by atoms with E-state index < -0.39 is 9.53 Å². The SMILES string of the molecule is CN1CCOCC1.CO[SiH](OC)OC. The molecular weight excluding hydrogens is 202 g/mol. The average Bonchev–Trinajstić information content (AvgIpc) is 2.22. The smallest absolute Gasteiger partial charge is 0.379 e. The molecule has 14 heavy (non-hydrogen) atoms. The maximum absolute atomic E-state index is 5.10. The molecule has 1 fully saturated rings. The van der Waals surface area contributed by atoms with Crippen molar-refractivity contribution in [3.05, 3.63) is 0 Å². The molecule has 0 unspecified atom stereocenters. The van der Waals surface area contributed by atoms with Crippen LogP contribution in [-0.4, -0.2) is 69.1 Å². The molecule has 0 radical (unpaired) electrons. The van der Waals surface area contributed by atoms with E-state index >= 15 is 0 Å². The molecule has 1 aliphatic heterocycles. The molecule has 0 aliphatic carbocycles. The topological polar surface area (TPSA) is 40.2 Å². The van der Waals surface area contributed by atoms with Gasteiger partial charge < -0.3 is 22.9 Å². The largest absolute Gasteiger partial charge is 0.483 e. The molecule has 0 aromatic rings. The first-order chi connectivity index (χ1) is 6.74. The summed E-state index contributed by atoms with van der Waals surface area (Å²) in [4.78, 5) is 2.27. The number of ether oxygens (including phenoxy) is 1. The highest BCUT2D eigenvalue weighted by Crippen LogP contribution is 1.89. The van der Waals surface area contributed by atoms with Gasteiger partial charge >= 0.3 is 9.53 Å². The number of hydrogen-bond donors (Lipinski definition) is 0. The Morgan fingerprint density at radius 3 is 1.57 bits per heavy atom. The van der Waals surface area contributed by atoms with Gasteiger partial charge in [-0.25, -0.2) is 0 Å². The Balaban J connectivity index is 0.000000241. The van der Waals surface area contributed by atoms with Crippen molar-refractivity contribution in [2.75, 3.05) is 54.7 Å². The zero-order valence-electron chi connectivity index (χ0n) is 9.49. The van der Waals surface area contributed by atoms with Crippen molar-refractivity contribution in [2.24, 2.45) is 0 Å². The fourth-order valence-electron chi connectivity index (χ4n) is 0.943. The zero-order valence-corrected chi connectivity index (χ0v) is 10.6. The Labute approximate surface area is 87.9 Å². The van der Waals surface area contributed by atoms with E-state index in [1.807, 2.05) is 0 Å². The van der Waals surface area contributed by atoms with Gasteiger partial charge in [0.15, 0.2) is 0 Å². The summed E-state index contributed by atoms with van der Waals surface area (Å²) in [6.07, 6.45) is 0. The number of likely N-dealkylation sites (N-methyl/N-ethyl adjacent to an activating group) is 1. The molecule has 0 N–H and O–H groups in total. The molecule has 0 aromatic heterocycles. The summed E-state index contributed by atoms with van der Waals surface area (Å²) < 4.78 is 19.3. The second-order valence-corrected chi connectivity index (χ2v) is 4.90. The van der Waals surface area contributed by atoms with Gasteiger partial charge in [-0.15, -0.1) is 0 Å². The molecule has 0 atom stereocenters. The molecule has 1 saturated heterocycles. The van der Waals surface area contributed by atoms with Crippen molar-refractivity contribution in [1.82, 2.24) is 4.90 Å². The number of nitrogens with zero attached hydrogens (tertiary/aromatic N) is 1. The van der Waals surface area contributed by atoms with Crippen molar-refractivity contribution in [2.45, 2.75) is 0 Å². The first-order valence-electron chi connectivity index (χ1n) is 4.59. The molecule has 6 heteroatoms. The van der Waals surface area contributed by atoms with Crippen LogP contribution in [0.1, 0.15) is 0 Å². The van der Waals surface area contributed by atoms with Crippen LogP contribution >= 0.6 is 0 Å². The van der Waals surface area contributed by atoms with Crippen LogP contribution in [0.15, 0.2) is 0 Å². The third-order valence-corrected chi connectivity index (χ3v) is 2.97. The third-order valence-electron chi connectivity index (χ3n) is 1.81. The highest BCUT2D eigenvalue weighted by atomic mass is 28.3. The zero-order chi connectivity index (χ0) is 10.8. The van der Waals surface area contributed by atoms with Gasteiger partial charge in [0.1, 0.15) is 0 Å². The predicted octanol–water partition coefficient (Wildman–Crippen LogP) is -0.409. The van der Waals surface area contributed by atoms with Gasteiger partial charge in [0.2, 0.25) is 0 Å². The minimum Gasteiger partial charge on any atom is -0.379 e. The minimum atomic E-state index is -1.67. The Kier molecular flexibility index (Phi) is 9.58. The van der Waals surface area contributed by atoms with Crippen LogP contribution in [-0.2, 0) is 18.0 Å². The summed E-state index contributed by atoms with van der Waals surface area (Å²) in [7, 11) is 5.16. The van der Waals surface area contributed by atoms with Crippen LogP contribution in [0.4, 0.5) is 0 Å². The highest BCUT2D eigenvalue weighted by Gasteiger charge is 2.05. The van der Waals surface area contributed by atoms with Gasteiger partial charge in [-0.2, -0.15) is 0 Å². The Morgan fingerprint density at radius 2 is 1.43 bits per heavy atom. The lowest BCUT2D eigenvalue weighted by molar-refractivity contribution is 0.0503. The number of hydrogen-bond acceptors (Lipinski definition) is 5. The molecule has 0 spiro atoms. The van der Waals surface area contributed by atoms with E-state index in [2.05, 4.69) is 11.9 Å². The molecule has 0 aromatic carbocycles. The monoisotopic (exact) mass is 223 g/mol. The van der Waals surface area contributed by atoms with Crippen LogP contribution in [0.3, 0.4) is 0 Å². The minimum absolute atomic E-state index is 0.913. The molecule has 0 amide bonds. The van der Waals surface area contributed by atoms with E-state index in [4.69, 9.17) is 18.0 Å². The van der Waals surface area contributed by atoms with E-state index in [9.17, 15) is 0 Å².